The number of hydrogen-bond donors (Lipinski definition) is 1. The number of rotatable bonds is 2. The molecule has 0 saturated carbocycles. The van der Waals surface area contributed by atoms with Gasteiger partial charge >= 0.3 is 0 Å². The summed E-state index contributed by atoms with van der Waals surface area (Å²) < 4.78 is 5.19. The van der Waals surface area contributed by atoms with Gasteiger partial charge in [-0.3, -0.25) is 0 Å². The van der Waals surface area contributed by atoms with Gasteiger partial charge in [-0.15, -0.1) is 5.10 Å². The summed E-state index contributed by atoms with van der Waals surface area (Å²) in [4.78, 5) is 0. The van der Waals surface area contributed by atoms with Crippen LogP contribution in [0.3, 0.4) is 0 Å². The first-order chi connectivity index (χ1) is 6.84. The molecule has 14 heavy (non-hydrogen) atoms. The van der Waals surface area contributed by atoms with Crippen molar-refractivity contribution in [3.8, 4) is 0 Å². The summed E-state index contributed by atoms with van der Waals surface area (Å²) in [6.45, 7) is 2.05. The summed E-state index contributed by atoms with van der Waals surface area (Å²) in [6.07, 6.45) is 1.63. The average Bonchev–Trinajstić information content (AvgIpc) is 2.19. The van der Waals surface area contributed by atoms with E-state index in [1.165, 1.54) is 0 Å². The van der Waals surface area contributed by atoms with Gasteiger partial charge in [-0.05, 0) is 12.1 Å². The highest BCUT2D eigenvalue weighted by molar-refractivity contribution is 6.19. The second-order valence-electron chi connectivity index (χ2n) is 2.95. The van der Waals surface area contributed by atoms with Crippen molar-refractivity contribution in [2.24, 2.45) is 0 Å². The summed E-state index contributed by atoms with van der Waals surface area (Å²) in [6, 6.07) is 3.68. The van der Waals surface area contributed by atoms with Gasteiger partial charge < -0.3 is 10.2 Å². The van der Waals surface area contributed by atoms with Crippen molar-refractivity contribution < 1.29 is 4.74 Å². The lowest BCUT2D eigenvalue weighted by molar-refractivity contribution is 0.0246. The minimum Gasteiger partial charge on any atom is -0.360 e. The Morgan fingerprint density at radius 3 is 3.29 bits per heavy atom. The molecule has 0 aliphatic carbocycles. The largest absolute Gasteiger partial charge is 0.360 e. The van der Waals surface area contributed by atoms with Crippen LogP contribution in [0.5, 0.6) is 0 Å². The molecule has 0 radical (unpaired) electrons. The molecule has 0 bridgehead atoms. The number of hydrazine groups is 1. The molecule has 76 valence electrons. The van der Waals surface area contributed by atoms with E-state index < -0.39 is 0 Å². The van der Waals surface area contributed by atoms with Gasteiger partial charge in [-0.25, -0.2) is 5.01 Å². The molecule has 1 saturated heterocycles. The molecule has 1 aromatic rings. The zero-order valence-corrected chi connectivity index (χ0v) is 8.31. The fraction of sp³-hybridized carbons (Fsp3) is 0.500. The first kappa shape index (κ1) is 9.64. The monoisotopic (exact) mass is 214 g/mol. The van der Waals surface area contributed by atoms with Crippen molar-refractivity contribution in [1.29, 1.82) is 0 Å². The van der Waals surface area contributed by atoms with E-state index in [0.717, 1.165) is 12.4 Å². The SMILES string of the molecule is ClC1CN(Nc2cccnn2)CCO1. The Kier molecular flexibility index (Phi) is 3.13. The molecule has 1 unspecified atom stereocenters. The van der Waals surface area contributed by atoms with Crippen LogP contribution >= 0.6 is 11.6 Å². The maximum atomic E-state index is 5.84. The molecule has 0 spiro atoms. The number of halogens is 1. The molecule has 1 aliphatic heterocycles. The number of nitrogens with zero attached hydrogens (tertiary/aromatic N) is 3. The van der Waals surface area contributed by atoms with E-state index in [4.69, 9.17) is 16.3 Å². The molecule has 1 aliphatic rings. The van der Waals surface area contributed by atoms with Gasteiger partial charge in [0.05, 0.1) is 13.2 Å². The van der Waals surface area contributed by atoms with E-state index in [-0.39, 0.29) is 5.56 Å². The van der Waals surface area contributed by atoms with Crippen molar-refractivity contribution >= 4 is 17.4 Å². The molecule has 1 N–H and O–H groups in total. The summed E-state index contributed by atoms with van der Waals surface area (Å²) in [7, 11) is 0. The van der Waals surface area contributed by atoms with Crippen LogP contribution in [0.1, 0.15) is 0 Å². The number of ether oxygens (including phenoxy) is 1. The normalized spacial score (nSPS) is 23.4. The third-order valence-corrected chi connectivity index (χ3v) is 2.13. The first-order valence-corrected chi connectivity index (χ1v) is 4.83. The van der Waals surface area contributed by atoms with Crippen LogP contribution in [0.15, 0.2) is 18.3 Å². The van der Waals surface area contributed by atoms with Crippen LogP contribution in [-0.2, 0) is 4.74 Å². The third kappa shape index (κ3) is 2.54. The van der Waals surface area contributed by atoms with Crippen LogP contribution < -0.4 is 5.43 Å². The lowest BCUT2D eigenvalue weighted by Crippen LogP contribution is -2.43. The van der Waals surface area contributed by atoms with E-state index in [1.807, 2.05) is 17.1 Å². The van der Waals surface area contributed by atoms with E-state index in [0.29, 0.717) is 13.2 Å². The zero-order chi connectivity index (χ0) is 9.80. The highest BCUT2D eigenvalue weighted by Crippen LogP contribution is 2.09. The Balaban J connectivity index is 1.91. The number of nitrogens with one attached hydrogen (secondary N) is 1. The summed E-state index contributed by atoms with van der Waals surface area (Å²) >= 11 is 5.84. The second-order valence-corrected chi connectivity index (χ2v) is 3.43. The Morgan fingerprint density at radius 1 is 1.64 bits per heavy atom. The van der Waals surface area contributed by atoms with Crippen LogP contribution in [0, 0.1) is 0 Å². The summed E-state index contributed by atoms with van der Waals surface area (Å²) in [5.41, 5.74) is 2.85. The smallest absolute Gasteiger partial charge is 0.163 e. The van der Waals surface area contributed by atoms with Crippen LogP contribution in [0.25, 0.3) is 0 Å². The van der Waals surface area contributed by atoms with Gasteiger partial charge in [0.15, 0.2) is 5.82 Å². The first-order valence-electron chi connectivity index (χ1n) is 4.39. The van der Waals surface area contributed by atoms with Gasteiger partial charge in [0.2, 0.25) is 0 Å². The fourth-order valence-corrected chi connectivity index (χ4v) is 1.49. The Bertz CT molecular complexity index is 284. The lowest BCUT2D eigenvalue weighted by atomic mass is 10.5. The number of morpholine rings is 1. The minimum absolute atomic E-state index is 0.257. The molecular weight excluding hydrogens is 204 g/mol. The van der Waals surface area contributed by atoms with Crippen molar-refractivity contribution in [3.63, 3.8) is 0 Å². The number of aromatic nitrogens is 2. The van der Waals surface area contributed by atoms with E-state index >= 15 is 0 Å². The van der Waals surface area contributed by atoms with Crippen molar-refractivity contribution in [1.82, 2.24) is 15.2 Å². The lowest BCUT2D eigenvalue weighted by Gasteiger charge is -2.30. The van der Waals surface area contributed by atoms with Gasteiger partial charge in [-0.2, -0.15) is 5.10 Å². The van der Waals surface area contributed by atoms with Crippen LogP contribution in [0.2, 0.25) is 0 Å². The molecule has 2 rings (SSSR count). The van der Waals surface area contributed by atoms with Crippen LogP contribution in [-0.4, -0.2) is 40.5 Å². The van der Waals surface area contributed by atoms with Crippen molar-refractivity contribution in [2.75, 3.05) is 25.1 Å². The third-order valence-electron chi connectivity index (χ3n) is 1.87. The second kappa shape index (κ2) is 4.54. The van der Waals surface area contributed by atoms with E-state index in [2.05, 4.69) is 15.6 Å². The molecule has 1 atom stereocenters. The summed E-state index contributed by atoms with van der Waals surface area (Å²) in [5, 5.41) is 9.64. The molecule has 0 aromatic carbocycles. The fourth-order valence-electron chi connectivity index (χ4n) is 1.23. The average molecular weight is 215 g/mol. The molecule has 1 fully saturated rings. The number of anilines is 1. The molecule has 0 amide bonds. The van der Waals surface area contributed by atoms with E-state index in [9.17, 15) is 0 Å². The van der Waals surface area contributed by atoms with Crippen molar-refractivity contribution in [2.45, 2.75) is 5.56 Å². The Hall–Kier alpha value is -0.910. The Labute approximate surface area is 87.0 Å². The molecule has 2 heterocycles. The summed E-state index contributed by atoms with van der Waals surface area (Å²) in [5.74, 6) is 0.721. The van der Waals surface area contributed by atoms with E-state index in [1.54, 1.807) is 6.20 Å². The Morgan fingerprint density at radius 2 is 2.57 bits per heavy atom. The van der Waals surface area contributed by atoms with Crippen LogP contribution in [0.4, 0.5) is 5.82 Å². The van der Waals surface area contributed by atoms with Gasteiger partial charge in [-0.1, -0.05) is 11.6 Å². The predicted octanol–water partition coefficient (Wildman–Crippen LogP) is 0.701. The molecule has 6 heteroatoms. The van der Waals surface area contributed by atoms with Crippen molar-refractivity contribution in [3.05, 3.63) is 18.3 Å². The quantitative estimate of drug-likeness (QED) is 0.735. The minimum atomic E-state index is -0.257. The zero-order valence-electron chi connectivity index (χ0n) is 7.56. The maximum Gasteiger partial charge on any atom is 0.163 e. The van der Waals surface area contributed by atoms with Gasteiger partial charge in [0.25, 0.3) is 0 Å². The van der Waals surface area contributed by atoms with Gasteiger partial charge in [0.1, 0.15) is 5.56 Å². The highest BCUT2D eigenvalue weighted by Gasteiger charge is 2.17. The van der Waals surface area contributed by atoms with Gasteiger partial charge in [0, 0.05) is 12.7 Å². The predicted molar refractivity (Wildman–Crippen MR) is 52.8 cm³/mol. The number of alkyl halides is 1. The maximum absolute atomic E-state index is 5.84. The molecule has 1 aromatic heterocycles. The topological polar surface area (TPSA) is 50.3 Å². The molecular formula is C8H11ClN4O. The highest BCUT2D eigenvalue weighted by atomic mass is 35.5. The standard InChI is InChI=1S/C8H11ClN4O/c9-7-6-13(4-5-14-7)12-8-2-1-3-10-11-8/h1-3,7H,4-6H2,(H,11,12). The number of hydrogen-bond acceptors (Lipinski definition) is 5. The molecule has 5 nitrogen and oxygen atoms in total.